The standard InChI is InChI=1S/C9H11BrN2O/c1-12(2)11-9(13)7-5-3-4-6-8(7)10/h3-6H,1-2H3,(H,11,13). The first-order valence-electron chi connectivity index (χ1n) is 3.84. The summed E-state index contributed by atoms with van der Waals surface area (Å²) >= 11 is 3.31. The molecule has 0 spiro atoms. The Balaban J connectivity index is 2.83. The number of hydrazine groups is 1. The Labute approximate surface area is 85.8 Å². The van der Waals surface area contributed by atoms with Crippen LogP contribution in [0.1, 0.15) is 10.4 Å². The molecule has 0 fully saturated rings. The zero-order valence-corrected chi connectivity index (χ0v) is 9.13. The minimum absolute atomic E-state index is 0.113. The summed E-state index contributed by atoms with van der Waals surface area (Å²) in [7, 11) is 3.55. The minimum atomic E-state index is -0.113. The van der Waals surface area contributed by atoms with Crippen LogP contribution in [-0.2, 0) is 0 Å². The van der Waals surface area contributed by atoms with Crippen molar-refractivity contribution < 1.29 is 4.79 Å². The van der Waals surface area contributed by atoms with Gasteiger partial charge in [0.15, 0.2) is 0 Å². The van der Waals surface area contributed by atoms with Crippen LogP contribution in [0.2, 0.25) is 0 Å². The van der Waals surface area contributed by atoms with E-state index in [-0.39, 0.29) is 5.91 Å². The molecule has 0 aromatic heterocycles. The van der Waals surface area contributed by atoms with Crippen molar-refractivity contribution in [3.05, 3.63) is 34.3 Å². The van der Waals surface area contributed by atoms with Crippen molar-refractivity contribution in [2.24, 2.45) is 0 Å². The van der Waals surface area contributed by atoms with Crippen LogP contribution in [0.25, 0.3) is 0 Å². The van der Waals surface area contributed by atoms with Gasteiger partial charge in [0.05, 0.1) is 5.56 Å². The second kappa shape index (κ2) is 4.39. The topological polar surface area (TPSA) is 32.3 Å². The quantitative estimate of drug-likeness (QED) is 0.801. The molecule has 0 atom stereocenters. The number of halogens is 1. The van der Waals surface area contributed by atoms with Gasteiger partial charge in [-0.15, -0.1) is 0 Å². The molecule has 0 heterocycles. The number of rotatable bonds is 2. The van der Waals surface area contributed by atoms with Gasteiger partial charge in [0.25, 0.3) is 5.91 Å². The van der Waals surface area contributed by atoms with Crippen molar-refractivity contribution in [3.63, 3.8) is 0 Å². The summed E-state index contributed by atoms with van der Waals surface area (Å²) in [6.45, 7) is 0. The Morgan fingerprint density at radius 2 is 2.00 bits per heavy atom. The van der Waals surface area contributed by atoms with Crippen molar-refractivity contribution >= 4 is 21.8 Å². The molecule has 0 saturated carbocycles. The maximum Gasteiger partial charge on any atom is 0.266 e. The minimum Gasteiger partial charge on any atom is -0.285 e. The van der Waals surface area contributed by atoms with Gasteiger partial charge >= 0.3 is 0 Å². The van der Waals surface area contributed by atoms with Crippen molar-refractivity contribution in [2.75, 3.05) is 14.1 Å². The number of nitrogens with one attached hydrogen (secondary N) is 1. The summed E-state index contributed by atoms with van der Waals surface area (Å²) in [5, 5.41) is 1.61. The van der Waals surface area contributed by atoms with E-state index in [2.05, 4.69) is 21.4 Å². The number of amides is 1. The zero-order chi connectivity index (χ0) is 9.84. The van der Waals surface area contributed by atoms with Crippen molar-refractivity contribution in [1.82, 2.24) is 10.4 Å². The Morgan fingerprint density at radius 3 is 2.54 bits per heavy atom. The first kappa shape index (κ1) is 10.2. The van der Waals surface area contributed by atoms with Crippen molar-refractivity contribution in [3.8, 4) is 0 Å². The van der Waals surface area contributed by atoms with Gasteiger partial charge in [0.1, 0.15) is 0 Å². The predicted molar refractivity (Wildman–Crippen MR) is 55.3 cm³/mol. The lowest BCUT2D eigenvalue weighted by molar-refractivity contribution is 0.0856. The zero-order valence-electron chi connectivity index (χ0n) is 7.54. The molecular formula is C9H11BrN2O. The van der Waals surface area contributed by atoms with E-state index in [1.54, 1.807) is 25.2 Å². The molecule has 0 aliphatic rings. The largest absolute Gasteiger partial charge is 0.285 e. The van der Waals surface area contributed by atoms with Crippen LogP contribution in [0, 0.1) is 0 Å². The van der Waals surface area contributed by atoms with Gasteiger partial charge in [-0.1, -0.05) is 12.1 Å². The number of carbonyl (C=O) groups excluding carboxylic acids is 1. The summed E-state index contributed by atoms with van der Waals surface area (Å²) in [5.41, 5.74) is 3.30. The molecule has 1 aromatic rings. The van der Waals surface area contributed by atoms with E-state index in [0.717, 1.165) is 4.47 Å². The summed E-state index contributed by atoms with van der Waals surface area (Å²) in [5.74, 6) is -0.113. The normalized spacial score (nSPS) is 10.2. The Kier molecular flexibility index (Phi) is 3.45. The monoisotopic (exact) mass is 242 g/mol. The van der Waals surface area contributed by atoms with Gasteiger partial charge in [0.2, 0.25) is 0 Å². The van der Waals surface area contributed by atoms with Gasteiger partial charge in [-0.05, 0) is 28.1 Å². The van der Waals surface area contributed by atoms with Crippen LogP contribution in [-0.4, -0.2) is 25.0 Å². The summed E-state index contributed by atoms with van der Waals surface area (Å²) in [6.07, 6.45) is 0. The third-order valence-corrected chi connectivity index (χ3v) is 2.14. The number of hydrogen-bond acceptors (Lipinski definition) is 2. The van der Waals surface area contributed by atoms with Crippen LogP contribution in [0.3, 0.4) is 0 Å². The van der Waals surface area contributed by atoms with Crippen LogP contribution in [0.15, 0.2) is 28.7 Å². The molecule has 0 radical (unpaired) electrons. The van der Waals surface area contributed by atoms with E-state index in [1.165, 1.54) is 0 Å². The summed E-state index contributed by atoms with van der Waals surface area (Å²) in [6, 6.07) is 7.30. The number of hydrogen-bond donors (Lipinski definition) is 1. The first-order chi connectivity index (χ1) is 6.11. The Morgan fingerprint density at radius 1 is 1.38 bits per heavy atom. The van der Waals surface area contributed by atoms with Gasteiger partial charge in [-0.25, -0.2) is 5.01 Å². The highest BCUT2D eigenvalue weighted by Crippen LogP contribution is 2.15. The van der Waals surface area contributed by atoms with E-state index in [0.29, 0.717) is 5.56 Å². The highest BCUT2D eigenvalue weighted by molar-refractivity contribution is 9.10. The van der Waals surface area contributed by atoms with Crippen LogP contribution < -0.4 is 5.43 Å². The molecular weight excluding hydrogens is 232 g/mol. The molecule has 0 aliphatic carbocycles. The number of carbonyl (C=O) groups is 1. The third-order valence-electron chi connectivity index (χ3n) is 1.44. The van der Waals surface area contributed by atoms with E-state index in [1.807, 2.05) is 18.2 Å². The highest BCUT2D eigenvalue weighted by Gasteiger charge is 2.08. The Bertz CT molecular complexity index is 312. The molecule has 1 aromatic carbocycles. The molecule has 13 heavy (non-hydrogen) atoms. The maximum absolute atomic E-state index is 11.5. The fraction of sp³-hybridized carbons (Fsp3) is 0.222. The SMILES string of the molecule is CN(C)NC(=O)c1ccccc1Br. The second-order valence-corrected chi connectivity index (χ2v) is 3.67. The molecule has 0 bridgehead atoms. The molecule has 4 heteroatoms. The van der Waals surface area contributed by atoms with Gasteiger partial charge in [-0.2, -0.15) is 0 Å². The fourth-order valence-corrected chi connectivity index (χ4v) is 1.37. The van der Waals surface area contributed by atoms with Crippen LogP contribution in [0.5, 0.6) is 0 Å². The second-order valence-electron chi connectivity index (χ2n) is 2.82. The molecule has 1 amide bonds. The lowest BCUT2D eigenvalue weighted by Gasteiger charge is -2.12. The van der Waals surface area contributed by atoms with Gasteiger partial charge in [-0.3, -0.25) is 10.2 Å². The molecule has 1 N–H and O–H groups in total. The summed E-state index contributed by atoms with van der Waals surface area (Å²) < 4.78 is 0.800. The Hall–Kier alpha value is -0.870. The average Bonchev–Trinajstić information content (AvgIpc) is 2.03. The first-order valence-corrected chi connectivity index (χ1v) is 4.63. The van der Waals surface area contributed by atoms with Crippen LogP contribution >= 0.6 is 15.9 Å². The maximum atomic E-state index is 11.5. The number of benzene rings is 1. The average molecular weight is 243 g/mol. The lowest BCUT2D eigenvalue weighted by Crippen LogP contribution is -2.36. The smallest absolute Gasteiger partial charge is 0.266 e. The van der Waals surface area contributed by atoms with Crippen LogP contribution in [0.4, 0.5) is 0 Å². The van der Waals surface area contributed by atoms with Crippen molar-refractivity contribution in [2.45, 2.75) is 0 Å². The number of nitrogens with zero attached hydrogens (tertiary/aromatic N) is 1. The molecule has 0 unspecified atom stereocenters. The summed E-state index contributed by atoms with van der Waals surface area (Å²) in [4.78, 5) is 11.5. The van der Waals surface area contributed by atoms with Crippen molar-refractivity contribution in [1.29, 1.82) is 0 Å². The predicted octanol–water partition coefficient (Wildman–Crippen LogP) is 1.66. The fourth-order valence-electron chi connectivity index (χ4n) is 0.909. The van der Waals surface area contributed by atoms with E-state index in [9.17, 15) is 4.79 Å². The molecule has 3 nitrogen and oxygen atoms in total. The third kappa shape index (κ3) is 2.82. The van der Waals surface area contributed by atoms with Gasteiger partial charge in [0, 0.05) is 18.6 Å². The van der Waals surface area contributed by atoms with E-state index >= 15 is 0 Å². The van der Waals surface area contributed by atoms with E-state index < -0.39 is 0 Å². The highest BCUT2D eigenvalue weighted by atomic mass is 79.9. The molecule has 1 rings (SSSR count). The van der Waals surface area contributed by atoms with E-state index in [4.69, 9.17) is 0 Å². The molecule has 70 valence electrons. The van der Waals surface area contributed by atoms with Gasteiger partial charge < -0.3 is 0 Å². The lowest BCUT2D eigenvalue weighted by atomic mass is 10.2. The molecule has 0 saturated heterocycles. The molecule has 0 aliphatic heterocycles.